The van der Waals surface area contributed by atoms with Crippen LogP contribution in [0, 0.1) is 19.7 Å². The molecule has 0 heterocycles. The van der Waals surface area contributed by atoms with E-state index in [1.807, 2.05) is 19.1 Å². The van der Waals surface area contributed by atoms with Gasteiger partial charge in [-0.15, -0.1) is 0 Å². The molecule has 0 aliphatic carbocycles. The Balaban J connectivity index is 2.19. The van der Waals surface area contributed by atoms with Crippen molar-refractivity contribution in [1.82, 2.24) is 0 Å². The Bertz CT molecular complexity index is 582. The third-order valence-electron chi connectivity index (χ3n) is 3.68. The Labute approximate surface area is 120 Å². The van der Waals surface area contributed by atoms with E-state index in [9.17, 15) is 9.50 Å². The quantitative estimate of drug-likeness (QED) is 0.892. The number of halogens is 1. The predicted molar refractivity (Wildman–Crippen MR) is 80.3 cm³/mol. The molecular formula is C18H21FO. The first-order chi connectivity index (χ1) is 9.37. The van der Waals surface area contributed by atoms with E-state index in [1.54, 1.807) is 6.07 Å². The van der Waals surface area contributed by atoms with E-state index in [0.29, 0.717) is 12.8 Å². The third-order valence-corrected chi connectivity index (χ3v) is 3.68. The lowest BCUT2D eigenvalue weighted by Gasteiger charge is -2.25. The van der Waals surface area contributed by atoms with Crippen molar-refractivity contribution in [3.05, 3.63) is 70.5 Å². The van der Waals surface area contributed by atoms with Crippen molar-refractivity contribution in [3.8, 4) is 0 Å². The van der Waals surface area contributed by atoms with Crippen molar-refractivity contribution in [2.24, 2.45) is 0 Å². The summed E-state index contributed by atoms with van der Waals surface area (Å²) in [4.78, 5) is 0. The second-order valence-electron chi connectivity index (χ2n) is 5.85. The van der Waals surface area contributed by atoms with Crippen molar-refractivity contribution in [2.45, 2.75) is 39.2 Å². The number of hydrogen-bond donors (Lipinski definition) is 1. The molecule has 0 amide bonds. The zero-order valence-corrected chi connectivity index (χ0v) is 12.3. The lowest BCUT2D eigenvalue weighted by Crippen LogP contribution is -2.30. The third kappa shape index (κ3) is 3.67. The minimum absolute atomic E-state index is 0.259. The van der Waals surface area contributed by atoms with Crippen LogP contribution in [0.2, 0.25) is 0 Å². The molecule has 1 unspecified atom stereocenters. The summed E-state index contributed by atoms with van der Waals surface area (Å²) in [5.74, 6) is -0.259. The molecule has 1 nitrogen and oxygen atoms in total. The van der Waals surface area contributed by atoms with Gasteiger partial charge in [-0.3, -0.25) is 0 Å². The van der Waals surface area contributed by atoms with Gasteiger partial charge in [-0.25, -0.2) is 4.39 Å². The fraction of sp³-hybridized carbons (Fsp3) is 0.333. The van der Waals surface area contributed by atoms with E-state index in [1.165, 1.54) is 28.8 Å². The summed E-state index contributed by atoms with van der Waals surface area (Å²) in [5.41, 5.74) is 3.48. The maximum atomic E-state index is 13.2. The molecule has 2 aromatic carbocycles. The first kappa shape index (κ1) is 14.7. The van der Waals surface area contributed by atoms with Gasteiger partial charge in [-0.05, 0) is 55.2 Å². The Kier molecular flexibility index (Phi) is 4.24. The van der Waals surface area contributed by atoms with Crippen molar-refractivity contribution in [3.63, 3.8) is 0 Å². The van der Waals surface area contributed by atoms with Gasteiger partial charge in [0, 0.05) is 12.8 Å². The highest BCUT2D eigenvalue weighted by Gasteiger charge is 2.23. The van der Waals surface area contributed by atoms with Gasteiger partial charge in [0.1, 0.15) is 5.82 Å². The zero-order valence-electron chi connectivity index (χ0n) is 12.3. The first-order valence-electron chi connectivity index (χ1n) is 6.89. The molecule has 0 spiro atoms. The number of benzene rings is 2. The lowest BCUT2D eigenvalue weighted by molar-refractivity contribution is 0.0604. The van der Waals surface area contributed by atoms with Crippen molar-refractivity contribution >= 4 is 0 Å². The van der Waals surface area contributed by atoms with Gasteiger partial charge in [-0.2, -0.15) is 0 Å². The maximum absolute atomic E-state index is 13.2. The maximum Gasteiger partial charge on any atom is 0.123 e. The summed E-state index contributed by atoms with van der Waals surface area (Å²) < 4.78 is 13.2. The summed E-state index contributed by atoms with van der Waals surface area (Å²) in [6.45, 7) is 5.92. The fourth-order valence-corrected chi connectivity index (χ4v) is 2.66. The first-order valence-corrected chi connectivity index (χ1v) is 6.89. The van der Waals surface area contributed by atoms with Gasteiger partial charge in [-0.1, -0.05) is 30.3 Å². The van der Waals surface area contributed by atoms with E-state index in [4.69, 9.17) is 0 Å². The molecule has 0 aromatic heterocycles. The molecule has 2 aromatic rings. The molecule has 2 rings (SSSR count). The van der Waals surface area contributed by atoms with E-state index >= 15 is 0 Å². The largest absolute Gasteiger partial charge is 0.389 e. The second-order valence-corrected chi connectivity index (χ2v) is 5.85. The van der Waals surface area contributed by atoms with Gasteiger partial charge in [0.15, 0.2) is 0 Å². The van der Waals surface area contributed by atoms with Crippen LogP contribution in [0.4, 0.5) is 4.39 Å². The second kappa shape index (κ2) is 5.76. The van der Waals surface area contributed by atoms with Crippen LogP contribution in [-0.2, 0) is 12.8 Å². The van der Waals surface area contributed by atoms with Gasteiger partial charge in [0.05, 0.1) is 5.60 Å². The Morgan fingerprint density at radius 2 is 1.60 bits per heavy atom. The fourth-order valence-electron chi connectivity index (χ4n) is 2.66. The van der Waals surface area contributed by atoms with Gasteiger partial charge < -0.3 is 5.11 Å². The van der Waals surface area contributed by atoms with Crippen LogP contribution >= 0.6 is 0 Å². The molecule has 0 fully saturated rings. The standard InChI is InChI=1S/C18H21FO/c1-13-6-4-7-14(2)17(13)12-18(3,20)11-15-8-5-9-16(19)10-15/h4-10,20H,11-12H2,1-3H3. The molecule has 0 aliphatic rings. The normalized spacial score (nSPS) is 14.1. The topological polar surface area (TPSA) is 20.2 Å². The van der Waals surface area contributed by atoms with Crippen molar-refractivity contribution < 1.29 is 9.50 Å². The Hall–Kier alpha value is -1.67. The van der Waals surface area contributed by atoms with E-state index in [2.05, 4.69) is 26.0 Å². The van der Waals surface area contributed by atoms with Crippen LogP contribution in [0.3, 0.4) is 0 Å². The van der Waals surface area contributed by atoms with Gasteiger partial charge >= 0.3 is 0 Å². The molecule has 0 bridgehead atoms. The predicted octanol–water partition coefficient (Wildman–Crippen LogP) is 3.98. The summed E-state index contributed by atoms with van der Waals surface area (Å²) in [6.07, 6.45) is 1.01. The molecule has 1 N–H and O–H groups in total. The van der Waals surface area contributed by atoms with Crippen LogP contribution in [0.5, 0.6) is 0 Å². The summed E-state index contributed by atoms with van der Waals surface area (Å²) in [6, 6.07) is 12.6. The summed E-state index contributed by atoms with van der Waals surface area (Å²) >= 11 is 0. The van der Waals surface area contributed by atoms with Crippen LogP contribution in [0.15, 0.2) is 42.5 Å². The molecule has 0 aliphatic heterocycles. The molecule has 0 radical (unpaired) electrons. The van der Waals surface area contributed by atoms with E-state index in [0.717, 1.165) is 5.56 Å². The van der Waals surface area contributed by atoms with E-state index < -0.39 is 5.60 Å². The average Bonchev–Trinajstić information content (AvgIpc) is 2.33. The average molecular weight is 272 g/mol. The number of hydrogen-bond acceptors (Lipinski definition) is 1. The SMILES string of the molecule is Cc1cccc(C)c1CC(C)(O)Cc1cccc(F)c1. The van der Waals surface area contributed by atoms with Gasteiger partial charge in [0.25, 0.3) is 0 Å². The minimum Gasteiger partial charge on any atom is -0.389 e. The van der Waals surface area contributed by atoms with Gasteiger partial charge in [0.2, 0.25) is 0 Å². The van der Waals surface area contributed by atoms with Crippen LogP contribution in [0.25, 0.3) is 0 Å². The molecule has 0 saturated carbocycles. The molecule has 20 heavy (non-hydrogen) atoms. The zero-order chi connectivity index (χ0) is 14.8. The molecule has 2 heteroatoms. The highest BCUT2D eigenvalue weighted by Crippen LogP contribution is 2.23. The molecular weight excluding hydrogens is 251 g/mol. The number of rotatable bonds is 4. The van der Waals surface area contributed by atoms with Crippen LogP contribution < -0.4 is 0 Å². The van der Waals surface area contributed by atoms with Crippen LogP contribution in [-0.4, -0.2) is 10.7 Å². The summed E-state index contributed by atoms with van der Waals surface area (Å²) in [5, 5.41) is 10.6. The van der Waals surface area contributed by atoms with Crippen molar-refractivity contribution in [1.29, 1.82) is 0 Å². The summed E-state index contributed by atoms with van der Waals surface area (Å²) in [7, 11) is 0. The Morgan fingerprint density at radius 3 is 2.20 bits per heavy atom. The van der Waals surface area contributed by atoms with Crippen molar-refractivity contribution in [2.75, 3.05) is 0 Å². The van der Waals surface area contributed by atoms with Crippen LogP contribution in [0.1, 0.15) is 29.2 Å². The smallest absolute Gasteiger partial charge is 0.123 e. The monoisotopic (exact) mass is 272 g/mol. The molecule has 1 atom stereocenters. The lowest BCUT2D eigenvalue weighted by atomic mass is 9.86. The molecule has 106 valence electrons. The number of aryl methyl sites for hydroxylation is 2. The number of aliphatic hydroxyl groups is 1. The highest BCUT2D eigenvalue weighted by molar-refractivity contribution is 5.35. The Morgan fingerprint density at radius 1 is 1.00 bits per heavy atom. The van der Waals surface area contributed by atoms with E-state index in [-0.39, 0.29) is 5.82 Å². The highest BCUT2D eigenvalue weighted by atomic mass is 19.1. The minimum atomic E-state index is -0.884. The molecule has 0 saturated heterocycles.